The number of amides is 2. The third-order valence-electron chi connectivity index (χ3n) is 3.32. The van der Waals surface area contributed by atoms with Crippen molar-refractivity contribution >= 4 is 52.1 Å². The molecule has 0 radical (unpaired) electrons. The van der Waals surface area contributed by atoms with Crippen LogP contribution in [0.1, 0.15) is 6.92 Å². The highest BCUT2D eigenvalue weighted by Gasteiger charge is 2.23. The highest BCUT2D eigenvalue weighted by atomic mass is 35.5. The van der Waals surface area contributed by atoms with E-state index in [9.17, 15) is 14.9 Å². The minimum absolute atomic E-state index is 0.261. The molecule has 2 amide bonds. The van der Waals surface area contributed by atoms with Crippen LogP contribution in [0, 0.1) is 11.3 Å². The van der Waals surface area contributed by atoms with Crippen LogP contribution in [0.25, 0.3) is 0 Å². The first-order valence-corrected chi connectivity index (χ1v) is 8.11. The Morgan fingerprint density at radius 3 is 2.35 bits per heavy atom. The Morgan fingerprint density at radius 1 is 1.15 bits per heavy atom. The summed E-state index contributed by atoms with van der Waals surface area (Å²) in [5, 5.41) is 12.8. The molecule has 0 aliphatic heterocycles. The Balaban J connectivity index is 2.29. The summed E-state index contributed by atoms with van der Waals surface area (Å²) in [6, 6.07) is 12.7. The van der Waals surface area contributed by atoms with Gasteiger partial charge in [0.15, 0.2) is 0 Å². The van der Waals surface area contributed by atoms with Gasteiger partial charge in [-0.25, -0.2) is 4.90 Å². The molecule has 3 N–H and O–H groups in total. The summed E-state index contributed by atoms with van der Waals surface area (Å²) in [6.45, 7) is 1.23. The van der Waals surface area contributed by atoms with Gasteiger partial charge in [-0.2, -0.15) is 5.26 Å². The number of benzene rings is 2. The number of hydrogen-bond acceptors (Lipinski definition) is 5. The molecule has 8 heteroatoms. The topological polar surface area (TPSA) is 99.2 Å². The number of nitrogen functional groups attached to an aromatic ring is 1. The van der Waals surface area contributed by atoms with E-state index in [4.69, 9.17) is 28.9 Å². The number of nitrogens with two attached hydrogens (primary N) is 1. The van der Waals surface area contributed by atoms with Crippen molar-refractivity contribution in [3.05, 3.63) is 64.3 Å². The summed E-state index contributed by atoms with van der Waals surface area (Å²) >= 11 is 11.8. The van der Waals surface area contributed by atoms with Crippen molar-refractivity contribution in [2.45, 2.75) is 6.92 Å². The molecular formula is C18H14Cl2N4O2. The zero-order chi connectivity index (χ0) is 19.3. The van der Waals surface area contributed by atoms with E-state index < -0.39 is 11.8 Å². The van der Waals surface area contributed by atoms with Gasteiger partial charge in [0.25, 0.3) is 5.91 Å². The van der Waals surface area contributed by atoms with Crippen molar-refractivity contribution in [3.8, 4) is 6.07 Å². The number of nitriles is 1. The average molecular weight is 389 g/mol. The van der Waals surface area contributed by atoms with Crippen LogP contribution >= 0.6 is 23.2 Å². The van der Waals surface area contributed by atoms with Gasteiger partial charge in [-0.05, 0) is 42.5 Å². The molecule has 0 saturated carbocycles. The van der Waals surface area contributed by atoms with E-state index in [1.165, 1.54) is 25.3 Å². The van der Waals surface area contributed by atoms with Gasteiger partial charge in [-0.15, -0.1) is 0 Å². The van der Waals surface area contributed by atoms with Crippen LogP contribution in [0.5, 0.6) is 0 Å². The molecule has 0 aliphatic carbocycles. The molecule has 0 atom stereocenters. The highest BCUT2D eigenvalue weighted by Crippen LogP contribution is 2.25. The minimum atomic E-state index is -0.766. The lowest BCUT2D eigenvalue weighted by molar-refractivity contribution is -0.123. The van der Waals surface area contributed by atoms with Crippen molar-refractivity contribution in [2.24, 2.45) is 0 Å². The zero-order valence-electron chi connectivity index (χ0n) is 13.7. The minimum Gasteiger partial charge on any atom is -0.399 e. The van der Waals surface area contributed by atoms with E-state index in [0.29, 0.717) is 27.1 Å². The summed E-state index contributed by atoms with van der Waals surface area (Å²) in [6.07, 6.45) is 1.20. The first-order chi connectivity index (χ1) is 12.3. The van der Waals surface area contributed by atoms with Gasteiger partial charge < -0.3 is 11.1 Å². The number of anilines is 3. The summed E-state index contributed by atoms with van der Waals surface area (Å²) in [5.41, 5.74) is 6.69. The molecule has 0 fully saturated rings. The maximum atomic E-state index is 12.6. The zero-order valence-corrected chi connectivity index (χ0v) is 15.2. The molecule has 0 aliphatic rings. The molecule has 0 bridgehead atoms. The molecule has 26 heavy (non-hydrogen) atoms. The molecular weight excluding hydrogens is 375 g/mol. The van der Waals surface area contributed by atoms with Crippen LogP contribution in [0.15, 0.2) is 54.2 Å². The van der Waals surface area contributed by atoms with Gasteiger partial charge in [-0.1, -0.05) is 23.2 Å². The molecule has 2 aromatic rings. The Kier molecular flexibility index (Phi) is 6.23. The molecule has 0 spiro atoms. The maximum absolute atomic E-state index is 12.6. The number of halogens is 2. The van der Waals surface area contributed by atoms with Crippen LogP contribution in [0.2, 0.25) is 10.0 Å². The fraction of sp³-hybridized carbons (Fsp3) is 0.0556. The average Bonchev–Trinajstić information content (AvgIpc) is 2.60. The number of rotatable bonds is 4. The van der Waals surface area contributed by atoms with Crippen molar-refractivity contribution < 1.29 is 9.59 Å². The third kappa shape index (κ3) is 4.54. The molecule has 0 unspecified atom stereocenters. The Morgan fingerprint density at radius 2 is 1.81 bits per heavy atom. The van der Waals surface area contributed by atoms with Gasteiger partial charge in [0, 0.05) is 24.5 Å². The fourth-order valence-electron chi connectivity index (χ4n) is 2.07. The van der Waals surface area contributed by atoms with Crippen LogP contribution < -0.4 is 16.0 Å². The number of hydrogen-bond donors (Lipinski definition) is 2. The lowest BCUT2D eigenvalue weighted by Gasteiger charge is -2.19. The van der Waals surface area contributed by atoms with Crippen LogP contribution in [-0.4, -0.2) is 11.8 Å². The second-order valence-corrected chi connectivity index (χ2v) is 6.01. The third-order valence-corrected chi connectivity index (χ3v) is 4.06. The number of carbonyl (C=O) groups is 2. The van der Waals surface area contributed by atoms with Crippen LogP contribution in [0.4, 0.5) is 17.1 Å². The van der Waals surface area contributed by atoms with E-state index in [1.54, 1.807) is 36.4 Å². The summed E-state index contributed by atoms with van der Waals surface area (Å²) in [5.74, 6) is -1.30. The second-order valence-electron chi connectivity index (χ2n) is 5.19. The maximum Gasteiger partial charge on any atom is 0.277 e. The number of imide groups is 1. The normalized spacial score (nSPS) is 10.8. The van der Waals surface area contributed by atoms with E-state index >= 15 is 0 Å². The lowest BCUT2D eigenvalue weighted by Crippen LogP contribution is -2.36. The largest absolute Gasteiger partial charge is 0.399 e. The van der Waals surface area contributed by atoms with E-state index in [0.717, 1.165) is 4.90 Å². The molecule has 2 rings (SSSR count). The molecule has 0 heterocycles. The van der Waals surface area contributed by atoms with E-state index in [2.05, 4.69) is 5.32 Å². The van der Waals surface area contributed by atoms with E-state index in [1.807, 2.05) is 0 Å². The van der Waals surface area contributed by atoms with Crippen LogP contribution in [0.3, 0.4) is 0 Å². The van der Waals surface area contributed by atoms with Gasteiger partial charge in [0.1, 0.15) is 11.6 Å². The first-order valence-electron chi connectivity index (χ1n) is 7.36. The van der Waals surface area contributed by atoms with Crippen molar-refractivity contribution in [2.75, 3.05) is 16.0 Å². The number of nitrogens with one attached hydrogen (secondary N) is 1. The molecule has 0 aromatic heterocycles. The molecule has 6 nitrogen and oxygen atoms in total. The summed E-state index contributed by atoms with van der Waals surface area (Å²) in [7, 11) is 0. The van der Waals surface area contributed by atoms with Gasteiger partial charge in [-0.3, -0.25) is 9.59 Å². The monoisotopic (exact) mass is 388 g/mol. The Labute approximate surface area is 160 Å². The predicted octanol–water partition coefficient (Wildman–Crippen LogP) is 3.97. The first kappa shape index (κ1) is 19.3. The lowest BCUT2D eigenvalue weighted by atomic mass is 10.2. The second kappa shape index (κ2) is 8.39. The Hall–Kier alpha value is -3.01. The van der Waals surface area contributed by atoms with E-state index in [-0.39, 0.29) is 5.57 Å². The predicted molar refractivity (Wildman–Crippen MR) is 103 cm³/mol. The van der Waals surface area contributed by atoms with Crippen molar-refractivity contribution in [1.29, 1.82) is 5.26 Å². The van der Waals surface area contributed by atoms with Gasteiger partial charge in [0.2, 0.25) is 5.91 Å². The SMILES string of the molecule is CC(=O)N(C(=O)/C(C#N)=C\Nc1ccc(Cl)c(Cl)c1)c1ccc(N)cc1. The number of carbonyl (C=O) groups excluding carboxylic acids is 2. The smallest absolute Gasteiger partial charge is 0.277 e. The fourth-order valence-corrected chi connectivity index (χ4v) is 2.37. The quantitative estimate of drug-likeness (QED) is 0.468. The van der Waals surface area contributed by atoms with Crippen molar-refractivity contribution in [3.63, 3.8) is 0 Å². The Bertz CT molecular complexity index is 918. The molecule has 132 valence electrons. The highest BCUT2D eigenvalue weighted by molar-refractivity contribution is 6.42. The summed E-state index contributed by atoms with van der Waals surface area (Å²) < 4.78 is 0. The van der Waals surface area contributed by atoms with Gasteiger partial charge in [0.05, 0.1) is 15.7 Å². The standard InChI is InChI=1S/C18H14Cl2N4O2/c1-11(25)24(15-5-2-13(22)3-6-15)18(26)12(9-21)10-23-14-4-7-16(19)17(20)8-14/h2-8,10,23H,22H2,1H3/b12-10-. The molecule has 0 saturated heterocycles. The molecule has 2 aromatic carbocycles. The number of nitrogens with zero attached hydrogens (tertiary/aromatic N) is 2. The van der Waals surface area contributed by atoms with Crippen molar-refractivity contribution in [1.82, 2.24) is 0 Å². The van der Waals surface area contributed by atoms with Crippen LogP contribution in [-0.2, 0) is 9.59 Å². The summed E-state index contributed by atoms with van der Waals surface area (Å²) in [4.78, 5) is 25.5. The van der Waals surface area contributed by atoms with Gasteiger partial charge >= 0.3 is 0 Å².